The van der Waals surface area contributed by atoms with Gasteiger partial charge in [0.1, 0.15) is 0 Å². The standard InChI is InChI=1S/C18H17NO3/c1-12-6-8-13(9-7-12)17(20)19-11-15-5-3-2-4-14(15)10-16(19)18(21)22/h2-9,16H,10-11H2,1H3,(H,21,22)/p-1/t16-/m0/s1. The number of benzene rings is 2. The van der Waals surface area contributed by atoms with Crippen LogP contribution in [0.2, 0.25) is 0 Å². The number of fused-ring (bicyclic) bond motifs is 1. The second-order valence-corrected chi connectivity index (χ2v) is 5.61. The van der Waals surface area contributed by atoms with Gasteiger partial charge in [0.25, 0.3) is 5.91 Å². The third-order valence-electron chi connectivity index (χ3n) is 4.08. The van der Waals surface area contributed by atoms with Crippen LogP contribution in [0.5, 0.6) is 0 Å². The zero-order valence-electron chi connectivity index (χ0n) is 12.3. The third kappa shape index (κ3) is 2.60. The van der Waals surface area contributed by atoms with E-state index >= 15 is 0 Å². The fraction of sp³-hybridized carbons (Fsp3) is 0.222. The smallest absolute Gasteiger partial charge is 0.254 e. The lowest BCUT2D eigenvalue weighted by Crippen LogP contribution is -2.53. The maximum Gasteiger partial charge on any atom is 0.254 e. The van der Waals surface area contributed by atoms with Crippen LogP contribution in [0, 0.1) is 6.92 Å². The van der Waals surface area contributed by atoms with Gasteiger partial charge in [0, 0.05) is 12.1 Å². The molecule has 112 valence electrons. The van der Waals surface area contributed by atoms with Crippen molar-refractivity contribution in [3.05, 3.63) is 70.8 Å². The van der Waals surface area contributed by atoms with Gasteiger partial charge in [-0.1, -0.05) is 42.0 Å². The van der Waals surface area contributed by atoms with Gasteiger partial charge in [-0.15, -0.1) is 0 Å². The fourth-order valence-corrected chi connectivity index (χ4v) is 2.81. The summed E-state index contributed by atoms with van der Waals surface area (Å²) in [5.41, 5.74) is 3.50. The number of rotatable bonds is 2. The number of aryl methyl sites for hydroxylation is 1. The quantitative estimate of drug-likeness (QED) is 0.839. The molecule has 1 aliphatic rings. The van der Waals surface area contributed by atoms with Crippen molar-refractivity contribution in [1.29, 1.82) is 0 Å². The lowest BCUT2D eigenvalue weighted by molar-refractivity contribution is -0.311. The summed E-state index contributed by atoms with van der Waals surface area (Å²) in [5, 5.41) is 11.5. The summed E-state index contributed by atoms with van der Waals surface area (Å²) in [4.78, 5) is 25.5. The first-order chi connectivity index (χ1) is 10.6. The molecule has 22 heavy (non-hydrogen) atoms. The number of hydrogen-bond donors (Lipinski definition) is 0. The molecule has 0 bridgehead atoms. The van der Waals surface area contributed by atoms with E-state index in [1.807, 2.05) is 43.3 Å². The van der Waals surface area contributed by atoms with Gasteiger partial charge in [-0.3, -0.25) is 4.79 Å². The molecule has 0 unspecified atom stereocenters. The molecule has 0 aliphatic carbocycles. The van der Waals surface area contributed by atoms with Crippen LogP contribution in [0.3, 0.4) is 0 Å². The molecule has 4 heteroatoms. The molecule has 2 aromatic carbocycles. The van der Waals surface area contributed by atoms with E-state index in [1.165, 1.54) is 4.90 Å². The molecule has 0 saturated carbocycles. The molecular formula is C18H16NO3-. The zero-order valence-corrected chi connectivity index (χ0v) is 12.3. The van der Waals surface area contributed by atoms with E-state index in [0.717, 1.165) is 16.7 Å². The molecule has 2 aromatic rings. The minimum absolute atomic E-state index is 0.274. The first-order valence-corrected chi connectivity index (χ1v) is 7.21. The van der Waals surface area contributed by atoms with Crippen LogP contribution in [0.4, 0.5) is 0 Å². The maximum absolute atomic E-state index is 12.7. The van der Waals surface area contributed by atoms with Crippen LogP contribution < -0.4 is 5.11 Å². The predicted octanol–water partition coefficient (Wildman–Crippen LogP) is 1.31. The van der Waals surface area contributed by atoms with Crippen LogP contribution in [-0.4, -0.2) is 22.8 Å². The van der Waals surface area contributed by atoms with Gasteiger partial charge < -0.3 is 14.8 Å². The number of carbonyl (C=O) groups excluding carboxylic acids is 2. The van der Waals surface area contributed by atoms with Gasteiger partial charge in [-0.2, -0.15) is 0 Å². The molecule has 0 saturated heterocycles. The zero-order chi connectivity index (χ0) is 15.7. The lowest BCUT2D eigenvalue weighted by Gasteiger charge is -2.37. The highest BCUT2D eigenvalue weighted by Crippen LogP contribution is 2.24. The minimum Gasteiger partial charge on any atom is -0.548 e. The second-order valence-electron chi connectivity index (χ2n) is 5.61. The van der Waals surface area contributed by atoms with E-state index in [-0.39, 0.29) is 12.3 Å². The molecule has 1 atom stereocenters. The molecule has 0 fully saturated rings. The molecule has 4 nitrogen and oxygen atoms in total. The van der Waals surface area contributed by atoms with Crippen molar-refractivity contribution in [2.75, 3.05) is 0 Å². The first-order valence-electron chi connectivity index (χ1n) is 7.21. The van der Waals surface area contributed by atoms with Crippen molar-refractivity contribution in [1.82, 2.24) is 4.90 Å². The Hall–Kier alpha value is -2.62. The Morgan fingerprint density at radius 2 is 1.68 bits per heavy atom. The highest BCUT2D eigenvalue weighted by molar-refractivity contribution is 5.96. The molecule has 1 aliphatic heterocycles. The van der Waals surface area contributed by atoms with Crippen molar-refractivity contribution < 1.29 is 14.7 Å². The van der Waals surface area contributed by atoms with Crippen LogP contribution in [-0.2, 0) is 17.8 Å². The van der Waals surface area contributed by atoms with Crippen molar-refractivity contribution in [2.45, 2.75) is 25.9 Å². The lowest BCUT2D eigenvalue weighted by atomic mass is 9.93. The number of amides is 1. The summed E-state index contributed by atoms with van der Waals surface area (Å²) in [6, 6.07) is 13.8. The molecule has 1 amide bonds. The van der Waals surface area contributed by atoms with E-state index in [9.17, 15) is 14.7 Å². The summed E-state index contributed by atoms with van der Waals surface area (Å²) in [6.07, 6.45) is 0.288. The summed E-state index contributed by atoms with van der Waals surface area (Å²) in [5.74, 6) is -1.49. The van der Waals surface area contributed by atoms with Gasteiger partial charge in [-0.25, -0.2) is 0 Å². The number of aliphatic carboxylic acids is 1. The molecule has 0 spiro atoms. The van der Waals surface area contributed by atoms with Crippen molar-refractivity contribution >= 4 is 11.9 Å². The van der Waals surface area contributed by atoms with Gasteiger partial charge in [-0.05, 0) is 36.6 Å². The summed E-state index contributed by atoms with van der Waals surface area (Å²) in [7, 11) is 0. The average molecular weight is 294 g/mol. The molecule has 0 radical (unpaired) electrons. The fourth-order valence-electron chi connectivity index (χ4n) is 2.81. The Bertz CT molecular complexity index is 721. The minimum atomic E-state index is -1.21. The SMILES string of the molecule is Cc1ccc(C(=O)N2Cc3ccccc3C[C@H]2C(=O)[O-])cc1. The Labute approximate surface area is 129 Å². The molecule has 0 aromatic heterocycles. The summed E-state index contributed by atoms with van der Waals surface area (Å²) < 4.78 is 0. The van der Waals surface area contributed by atoms with Gasteiger partial charge in [0.05, 0.1) is 12.0 Å². The summed E-state index contributed by atoms with van der Waals surface area (Å²) >= 11 is 0. The topological polar surface area (TPSA) is 60.4 Å². The van der Waals surface area contributed by atoms with Crippen molar-refractivity contribution in [3.63, 3.8) is 0 Å². The van der Waals surface area contributed by atoms with E-state index in [2.05, 4.69) is 0 Å². The molecule has 3 rings (SSSR count). The van der Waals surface area contributed by atoms with Gasteiger partial charge in [0.15, 0.2) is 0 Å². The maximum atomic E-state index is 12.7. The highest BCUT2D eigenvalue weighted by atomic mass is 16.4. The third-order valence-corrected chi connectivity index (χ3v) is 4.08. The van der Waals surface area contributed by atoms with Crippen molar-refractivity contribution in [2.24, 2.45) is 0 Å². The summed E-state index contributed by atoms with van der Waals surface area (Å²) in [6.45, 7) is 2.23. The Balaban J connectivity index is 1.95. The van der Waals surface area contributed by atoms with Crippen LogP contribution in [0.1, 0.15) is 27.0 Å². The monoisotopic (exact) mass is 294 g/mol. The van der Waals surface area contributed by atoms with Crippen LogP contribution >= 0.6 is 0 Å². The van der Waals surface area contributed by atoms with Gasteiger partial charge in [0.2, 0.25) is 0 Å². The number of carbonyl (C=O) groups is 2. The number of nitrogens with zero attached hydrogens (tertiary/aromatic N) is 1. The van der Waals surface area contributed by atoms with E-state index in [0.29, 0.717) is 12.1 Å². The van der Waals surface area contributed by atoms with E-state index < -0.39 is 12.0 Å². The Kier molecular flexibility index (Phi) is 3.67. The normalized spacial score (nSPS) is 17.0. The van der Waals surface area contributed by atoms with Gasteiger partial charge >= 0.3 is 0 Å². The number of carboxylic acid groups (broad SMARTS) is 1. The molecule has 1 heterocycles. The van der Waals surface area contributed by atoms with E-state index in [4.69, 9.17) is 0 Å². The van der Waals surface area contributed by atoms with Crippen LogP contribution in [0.15, 0.2) is 48.5 Å². The predicted molar refractivity (Wildman–Crippen MR) is 80.0 cm³/mol. The van der Waals surface area contributed by atoms with Crippen LogP contribution in [0.25, 0.3) is 0 Å². The highest BCUT2D eigenvalue weighted by Gasteiger charge is 2.30. The molecule has 0 N–H and O–H groups in total. The second kappa shape index (κ2) is 5.64. The molecular weight excluding hydrogens is 278 g/mol. The first kappa shape index (κ1) is 14.3. The Morgan fingerprint density at radius 1 is 1.05 bits per heavy atom. The van der Waals surface area contributed by atoms with E-state index in [1.54, 1.807) is 12.1 Å². The average Bonchev–Trinajstić information content (AvgIpc) is 2.53. The number of carboxylic acids is 1. The van der Waals surface area contributed by atoms with Crippen molar-refractivity contribution in [3.8, 4) is 0 Å². The Morgan fingerprint density at radius 3 is 2.32 bits per heavy atom. The number of hydrogen-bond acceptors (Lipinski definition) is 3. The largest absolute Gasteiger partial charge is 0.548 e.